The molecular weight excluding hydrogens is 276 g/mol. The Labute approximate surface area is 104 Å². The molecule has 0 aromatic heterocycles. The van der Waals surface area contributed by atoms with Crippen molar-refractivity contribution in [2.75, 3.05) is 19.8 Å². The molecule has 16 heavy (non-hydrogen) atoms. The normalized spacial score (nSPS) is 21.9. The van der Waals surface area contributed by atoms with Gasteiger partial charge in [-0.15, -0.1) is 0 Å². The first-order chi connectivity index (χ1) is 7.74. The van der Waals surface area contributed by atoms with Gasteiger partial charge >= 0.3 is 5.97 Å². The molecule has 1 rings (SSSR count). The minimum atomic E-state index is -0.365. The number of carbonyl (C=O) groups excluding carboxylic acids is 1. The van der Waals surface area contributed by atoms with E-state index in [1.165, 1.54) is 0 Å². The van der Waals surface area contributed by atoms with Crippen LogP contribution in [-0.2, 0) is 19.0 Å². The van der Waals surface area contributed by atoms with Crippen molar-refractivity contribution in [3.05, 3.63) is 10.6 Å². The molecular formula is C11H17BrO4. The summed E-state index contributed by atoms with van der Waals surface area (Å²) in [5.74, 6) is -0.365. The average Bonchev–Trinajstić information content (AvgIpc) is 2.30. The molecule has 5 heteroatoms. The number of hydrogen-bond donors (Lipinski definition) is 0. The minimum Gasteiger partial charge on any atom is -0.462 e. The average molecular weight is 293 g/mol. The second-order valence-corrected chi connectivity index (χ2v) is 4.26. The Morgan fingerprint density at radius 2 is 2.38 bits per heavy atom. The van der Waals surface area contributed by atoms with Crippen LogP contribution in [0.4, 0.5) is 0 Å². The van der Waals surface area contributed by atoms with Crippen LogP contribution in [0.3, 0.4) is 0 Å². The molecule has 1 atom stereocenters. The summed E-state index contributed by atoms with van der Waals surface area (Å²) >= 11 is 3.14. The first kappa shape index (κ1) is 13.7. The lowest BCUT2D eigenvalue weighted by Crippen LogP contribution is -2.22. The van der Waals surface area contributed by atoms with E-state index in [9.17, 15) is 4.79 Å². The molecule has 0 aromatic carbocycles. The largest absolute Gasteiger partial charge is 0.462 e. The third-order valence-electron chi connectivity index (χ3n) is 2.15. The number of halogens is 1. The highest BCUT2D eigenvalue weighted by Gasteiger charge is 2.13. The summed E-state index contributed by atoms with van der Waals surface area (Å²) in [6, 6.07) is 0. The molecule has 92 valence electrons. The Hall–Kier alpha value is -0.390. The van der Waals surface area contributed by atoms with Crippen LogP contribution >= 0.6 is 15.9 Å². The number of rotatable bonds is 5. The third-order valence-corrected chi connectivity index (χ3v) is 2.80. The fraction of sp³-hybridized carbons (Fsp3) is 0.727. The molecule has 0 bridgehead atoms. The third kappa shape index (κ3) is 5.09. The van der Waals surface area contributed by atoms with Crippen molar-refractivity contribution >= 4 is 21.9 Å². The van der Waals surface area contributed by atoms with Crippen LogP contribution in [0.15, 0.2) is 10.6 Å². The molecule has 0 aliphatic carbocycles. The van der Waals surface area contributed by atoms with Crippen molar-refractivity contribution in [1.29, 1.82) is 0 Å². The van der Waals surface area contributed by atoms with Gasteiger partial charge < -0.3 is 14.2 Å². The van der Waals surface area contributed by atoms with Gasteiger partial charge in [0.2, 0.25) is 0 Å². The summed E-state index contributed by atoms with van der Waals surface area (Å²) in [4.78, 5) is 11.2. The zero-order chi connectivity index (χ0) is 11.8. The van der Waals surface area contributed by atoms with Crippen molar-refractivity contribution in [1.82, 2.24) is 0 Å². The Balaban J connectivity index is 2.21. The van der Waals surface area contributed by atoms with E-state index in [-0.39, 0.29) is 12.3 Å². The molecule has 0 amide bonds. The zero-order valence-corrected chi connectivity index (χ0v) is 11.0. The molecule has 1 aliphatic heterocycles. The Kier molecular flexibility index (Phi) is 6.68. The first-order valence-corrected chi connectivity index (χ1v) is 6.29. The standard InChI is InChI=1S/C11H17BrO4/c1-2-14-11(13)9(12)6-8-16-10-5-3-4-7-15-10/h6,10H,2-5,7-8H2,1H3. The van der Waals surface area contributed by atoms with Crippen LogP contribution in [0.5, 0.6) is 0 Å². The van der Waals surface area contributed by atoms with Gasteiger partial charge in [-0.05, 0) is 48.2 Å². The molecule has 0 N–H and O–H groups in total. The number of ether oxygens (including phenoxy) is 3. The van der Waals surface area contributed by atoms with E-state index in [0.717, 1.165) is 25.9 Å². The SMILES string of the molecule is CCOC(=O)C(Br)=CCOC1CCCCO1. The van der Waals surface area contributed by atoms with Crippen LogP contribution in [0.1, 0.15) is 26.2 Å². The van der Waals surface area contributed by atoms with E-state index in [2.05, 4.69) is 15.9 Å². The number of esters is 1. The van der Waals surface area contributed by atoms with Crippen molar-refractivity contribution in [2.24, 2.45) is 0 Å². The van der Waals surface area contributed by atoms with E-state index < -0.39 is 0 Å². The molecule has 0 radical (unpaired) electrons. The molecule has 4 nitrogen and oxygen atoms in total. The van der Waals surface area contributed by atoms with Gasteiger partial charge in [0.15, 0.2) is 6.29 Å². The lowest BCUT2D eigenvalue weighted by molar-refractivity contribution is -0.155. The lowest BCUT2D eigenvalue weighted by Gasteiger charge is -2.21. The van der Waals surface area contributed by atoms with Crippen molar-refractivity contribution in [3.8, 4) is 0 Å². The highest BCUT2D eigenvalue weighted by Crippen LogP contribution is 2.14. The molecule has 1 unspecified atom stereocenters. The molecule has 0 saturated carbocycles. The van der Waals surface area contributed by atoms with E-state index >= 15 is 0 Å². The Morgan fingerprint density at radius 1 is 1.56 bits per heavy atom. The fourth-order valence-corrected chi connectivity index (χ4v) is 1.60. The molecule has 1 heterocycles. The Morgan fingerprint density at radius 3 is 3.00 bits per heavy atom. The van der Waals surface area contributed by atoms with Crippen molar-refractivity contribution in [3.63, 3.8) is 0 Å². The molecule has 1 aliphatic rings. The van der Waals surface area contributed by atoms with Crippen LogP contribution in [0, 0.1) is 0 Å². The van der Waals surface area contributed by atoms with Gasteiger partial charge in [-0.2, -0.15) is 0 Å². The highest BCUT2D eigenvalue weighted by atomic mass is 79.9. The second kappa shape index (κ2) is 7.81. The van der Waals surface area contributed by atoms with E-state index in [0.29, 0.717) is 17.7 Å². The minimum absolute atomic E-state index is 0.132. The molecule has 1 fully saturated rings. The van der Waals surface area contributed by atoms with Crippen LogP contribution in [-0.4, -0.2) is 32.1 Å². The highest BCUT2D eigenvalue weighted by molar-refractivity contribution is 9.12. The molecule has 0 spiro atoms. The summed E-state index contributed by atoms with van der Waals surface area (Å²) in [6.45, 7) is 3.25. The van der Waals surface area contributed by atoms with Crippen molar-refractivity contribution < 1.29 is 19.0 Å². The predicted molar refractivity (Wildman–Crippen MR) is 63.2 cm³/mol. The van der Waals surface area contributed by atoms with E-state index in [1.54, 1.807) is 13.0 Å². The van der Waals surface area contributed by atoms with Crippen LogP contribution in [0.25, 0.3) is 0 Å². The molecule has 0 aromatic rings. The first-order valence-electron chi connectivity index (χ1n) is 5.50. The smallest absolute Gasteiger partial charge is 0.344 e. The lowest BCUT2D eigenvalue weighted by atomic mass is 10.2. The quantitative estimate of drug-likeness (QED) is 0.576. The van der Waals surface area contributed by atoms with Gasteiger partial charge in [-0.1, -0.05) is 0 Å². The van der Waals surface area contributed by atoms with Gasteiger partial charge in [0.25, 0.3) is 0 Å². The fourth-order valence-electron chi connectivity index (χ4n) is 1.35. The maximum atomic E-state index is 11.2. The van der Waals surface area contributed by atoms with Crippen molar-refractivity contribution in [2.45, 2.75) is 32.5 Å². The van der Waals surface area contributed by atoms with Gasteiger partial charge in [0, 0.05) is 6.61 Å². The van der Waals surface area contributed by atoms with E-state index in [4.69, 9.17) is 14.2 Å². The Bertz CT molecular complexity index is 246. The van der Waals surface area contributed by atoms with Gasteiger partial charge in [-0.3, -0.25) is 0 Å². The second-order valence-electron chi connectivity index (χ2n) is 3.40. The number of carbonyl (C=O) groups is 1. The van der Waals surface area contributed by atoms with Gasteiger partial charge in [0.05, 0.1) is 13.2 Å². The predicted octanol–water partition coefficient (Wildman–Crippen LogP) is 2.37. The summed E-state index contributed by atoms with van der Waals surface area (Å²) in [6.07, 6.45) is 4.67. The monoisotopic (exact) mass is 292 g/mol. The van der Waals surface area contributed by atoms with Gasteiger partial charge in [0.1, 0.15) is 4.48 Å². The summed E-state index contributed by atoms with van der Waals surface area (Å²) < 4.78 is 16.0. The van der Waals surface area contributed by atoms with Gasteiger partial charge in [-0.25, -0.2) is 4.79 Å². The van der Waals surface area contributed by atoms with Crippen LogP contribution in [0.2, 0.25) is 0 Å². The van der Waals surface area contributed by atoms with E-state index in [1.807, 2.05) is 0 Å². The summed E-state index contributed by atoms with van der Waals surface area (Å²) in [5, 5.41) is 0. The maximum absolute atomic E-state index is 11.2. The number of hydrogen-bond acceptors (Lipinski definition) is 4. The van der Waals surface area contributed by atoms with Crippen LogP contribution < -0.4 is 0 Å². The molecule has 1 saturated heterocycles. The zero-order valence-electron chi connectivity index (χ0n) is 9.41. The topological polar surface area (TPSA) is 44.8 Å². The maximum Gasteiger partial charge on any atom is 0.344 e. The summed E-state index contributed by atoms with van der Waals surface area (Å²) in [5.41, 5.74) is 0. The summed E-state index contributed by atoms with van der Waals surface area (Å²) in [7, 11) is 0.